The van der Waals surface area contributed by atoms with Crippen LogP contribution in [0.5, 0.6) is 0 Å². The van der Waals surface area contributed by atoms with E-state index in [4.69, 9.17) is 16.6 Å². The molecule has 1 aromatic heterocycles. The Balaban J connectivity index is 1.48. The third-order valence-corrected chi connectivity index (χ3v) is 8.85. The summed E-state index contributed by atoms with van der Waals surface area (Å²) in [5.74, 6) is -0.341. The van der Waals surface area contributed by atoms with E-state index in [2.05, 4.69) is 10.6 Å². The number of aliphatic imine (C=N–C) groups is 1. The van der Waals surface area contributed by atoms with Crippen LogP contribution in [-0.2, 0) is 4.79 Å². The van der Waals surface area contributed by atoms with Gasteiger partial charge in [0.1, 0.15) is 5.82 Å². The zero-order chi connectivity index (χ0) is 24.5. The highest BCUT2D eigenvalue weighted by molar-refractivity contribution is 8.18. The van der Waals surface area contributed by atoms with Crippen molar-refractivity contribution < 1.29 is 9.18 Å². The van der Waals surface area contributed by atoms with Gasteiger partial charge < -0.3 is 4.57 Å². The molecule has 3 aliphatic rings. The van der Waals surface area contributed by atoms with Crippen molar-refractivity contribution in [3.63, 3.8) is 0 Å². The maximum absolute atomic E-state index is 13.7. The highest BCUT2D eigenvalue weighted by atomic mass is 35.5. The fraction of sp³-hybridized carbons (Fsp3) is 0.500. The maximum Gasteiger partial charge on any atom is 0.267 e. The van der Waals surface area contributed by atoms with Crippen molar-refractivity contribution in [1.82, 2.24) is 9.47 Å². The quantitative estimate of drug-likeness (QED) is 0.391. The van der Waals surface area contributed by atoms with Gasteiger partial charge in [0, 0.05) is 23.1 Å². The predicted octanol–water partition coefficient (Wildman–Crippen LogP) is 7.82. The average molecular weight is 514 g/mol. The number of aryl methyl sites for hydroxylation is 1. The number of halogens is 2. The monoisotopic (exact) mass is 513 g/mol. The minimum absolute atomic E-state index is 0.0890. The second kappa shape index (κ2) is 10.5. The Labute approximate surface area is 216 Å². The van der Waals surface area contributed by atoms with Gasteiger partial charge in [-0.2, -0.15) is 0 Å². The molecule has 0 unspecified atom stereocenters. The summed E-state index contributed by atoms with van der Waals surface area (Å²) in [6.45, 7) is 4.04. The summed E-state index contributed by atoms with van der Waals surface area (Å²) in [6.07, 6.45) is 13.7. The third-order valence-electron chi connectivity index (χ3n) is 7.56. The van der Waals surface area contributed by atoms with Crippen LogP contribution < -0.4 is 0 Å². The van der Waals surface area contributed by atoms with E-state index < -0.39 is 5.82 Å². The van der Waals surface area contributed by atoms with Crippen molar-refractivity contribution in [3.8, 4) is 5.69 Å². The fourth-order valence-electron chi connectivity index (χ4n) is 5.70. The molecule has 2 heterocycles. The number of amides is 1. The van der Waals surface area contributed by atoms with E-state index in [1.165, 1.54) is 44.6 Å². The lowest BCUT2D eigenvalue weighted by molar-refractivity contribution is -0.124. The molecule has 2 aromatic rings. The van der Waals surface area contributed by atoms with E-state index >= 15 is 0 Å². The number of nitrogens with zero attached hydrogens (tertiary/aromatic N) is 3. The minimum atomic E-state index is -0.430. The number of thioether (sulfide) groups is 1. The lowest BCUT2D eigenvalue weighted by Crippen LogP contribution is -2.41. The van der Waals surface area contributed by atoms with E-state index in [-0.39, 0.29) is 17.0 Å². The van der Waals surface area contributed by atoms with Gasteiger partial charge >= 0.3 is 0 Å². The molecule has 1 amide bonds. The van der Waals surface area contributed by atoms with E-state index in [0.717, 1.165) is 58.4 Å². The summed E-state index contributed by atoms with van der Waals surface area (Å²) < 4.78 is 15.8. The molecule has 35 heavy (non-hydrogen) atoms. The van der Waals surface area contributed by atoms with E-state index in [1.807, 2.05) is 24.8 Å². The molecule has 0 bridgehead atoms. The lowest BCUT2D eigenvalue weighted by Gasteiger charge is -2.31. The van der Waals surface area contributed by atoms with Crippen LogP contribution in [0.4, 0.5) is 4.39 Å². The summed E-state index contributed by atoms with van der Waals surface area (Å²) >= 11 is 7.59. The number of amidine groups is 1. The van der Waals surface area contributed by atoms with E-state index in [0.29, 0.717) is 6.04 Å². The number of rotatable bonds is 4. The van der Waals surface area contributed by atoms with Gasteiger partial charge in [0.05, 0.1) is 16.0 Å². The normalized spacial score (nSPS) is 22.6. The summed E-state index contributed by atoms with van der Waals surface area (Å²) in [4.78, 5) is 21.6. The maximum atomic E-state index is 13.7. The van der Waals surface area contributed by atoms with Gasteiger partial charge in [-0.25, -0.2) is 4.39 Å². The molecule has 186 valence electrons. The number of carbonyl (C=O) groups is 1. The van der Waals surface area contributed by atoms with Gasteiger partial charge in [0.25, 0.3) is 5.91 Å². The minimum Gasteiger partial charge on any atom is -0.318 e. The van der Waals surface area contributed by atoms with E-state index in [1.54, 1.807) is 23.9 Å². The van der Waals surface area contributed by atoms with Crippen molar-refractivity contribution in [2.75, 3.05) is 0 Å². The molecule has 0 spiro atoms. The van der Waals surface area contributed by atoms with Crippen LogP contribution in [-0.4, -0.2) is 32.6 Å². The number of benzene rings is 1. The molecule has 3 fully saturated rings. The second-order valence-electron chi connectivity index (χ2n) is 10.0. The SMILES string of the molecule is Cc1cc(/C=C2\SC(=NC3CCCCC3)N(C3CCCCC3)C2=O)c(C)n1-c1ccc(F)c(Cl)c1. The molecule has 0 N–H and O–H groups in total. The standard InChI is InChI=1S/C28H33ClFN3OS/c1-18-15-20(19(2)32(18)23-13-14-25(30)24(29)17-23)16-26-27(34)33(22-11-7-4-8-12-22)28(35-26)31-21-9-5-3-6-10-21/h13-17,21-22H,3-12H2,1-2H3/b26-16-,31-28?. The largest absolute Gasteiger partial charge is 0.318 e. The number of aromatic nitrogens is 1. The van der Waals surface area contributed by atoms with Crippen molar-refractivity contribution >= 4 is 40.5 Å². The number of carbonyl (C=O) groups excluding carboxylic acids is 1. The molecular formula is C28H33ClFN3OS. The molecule has 1 aliphatic heterocycles. The van der Waals surface area contributed by atoms with Gasteiger partial charge in [-0.15, -0.1) is 0 Å². The molecule has 5 rings (SSSR count). The molecule has 1 saturated heterocycles. The Morgan fingerprint density at radius 2 is 1.71 bits per heavy atom. The topological polar surface area (TPSA) is 37.6 Å². The first-order chi connectivity index (χ1) is 16.9. The Morgan fingerprint density at radius 1 is 1.03 bits per heavy atom. The van der Waals surface area contributed by atoms with Crippen LogP contribution in [0.2, 0.25) is 5.02 Å². The van der Waals surface area contributed by atoms with Crippen molar-refractivity contribution in [2.45, 2.75) is 90.1 Å². The van der Waals surface area contributed by atoms with Crippen LogP contribution in [0.3, 0.4) is 0 Å². The Morgan fingerprint density at radius 3 is 2.40 bits per heavy atom. The van der Waals surface area contributed by atoms with Crippen LogP contribution in [0.1, 0.15) is 81.2 Å². The zero-order valence-electron chi connectivity index (χ0n) is 20.5. The third kappa shape index (κ3) is 5.10. The Bertz CT molecular complexity index is 1180. The van der Waals surface area contributed by atoms with Crippen LogP contribution in [0.25, 0.3) is 11.8 Å². The molecule has 2 aliphatic carbocycles. The molecular weight excluding hydrogens is 481 g/mol. The lowest BCUT2D eigenvalue weighted by atomic mass is 9.94. The summed E-state index contributed by atoms with van der Waals surface area (Å²) in [7, 11) is 0. The van der Waals surface area contributed by atoms with Crippen LogP contribution in [0, 0.1) is 19.7 Å². The highest BCUT2D eigenvalue weighted by Crippen LogP contribution is 2.39. The molecule has 2 saturated carbocycles. The van der Waals surface area contributed by atoms with Gasteiger partial charge in [0.15, 0.2) is 5.17 Å². The highest BCUT2D eigenvalue weighted by Gasteiger charge is 2.39. The van der Waals surface area contributed by atoms with Crippen molar-refractivity contribution in [3.05, 3.63) is 57.0 Å². The Kier molecular flexibility index (Phi) is 7.40. The van der Waals surface area contributed by atoms with E-state index in [9.17, 15) is 9.18 Å². The smallest absolute Gasteiger partial charge is 0.267 e. The Hall–Kier alpha value is -2.05. The summed E-state index contributed by atoms with van der Waals surface area (Å²) in [5, 5.41) is 1.00. The zero-order valence-corrected chi connectivity index (χ0v) is 22.1. The van der Waals surface area contributed by atoms with Gasteiger partial charge in [-0.3, -0.25) is 14.7 Å². The molecule has 0 atom stereocenters. The van der Waals surface area contributed by atoms with Crippen molar-refractivity contribution in [1.29, 1.82) is 0 Å². The number of hydrogen-bond acceptors (Lipinski definition) is 3. The second-order valence-corrected chi connectivity index (χ2v) is 11.5. The van der Waals surface area contributed by atoms with Crippen molar-refractivity contribution in [2.24, 2.45) is 4.99 Å². The van der Waals surface area contributed by atoms with Gasteiger partial charge in [0.2, 0.25) is 0 Å². The molecule has 0 radical (unpaired) electrons. The summed E-state index contributed by atoms with van der Waals surface area (Å²) in [5.41, 5.74) is 3.80. The van der Waals surface area contributed by atoms with Gasteiger partial charge in [-0.1, -0.05) is 50.1 Å². The first-order valence-corrected chi connectivity index (χ1v) is 14.1. The predicted molar refractivity (Wildman–Crippen MR) is 144 cm³/mol. The summed E-state index contributed by atoms with van der Waals surface area (Å²) in [6, 6.07) is 7.43. The van der Waals surface area contributed by atoms with Crippen LogP contribution in [0.15, 0.2) is 34.2 Å². The van der Waals surface area contributed by atoms with Crippen LogP contribution >= 0.6 is 23.4 Å². The molecule has 4 nitrogen and oxygen atoms in total. The first-order valence-electron chi connectivity index (χ1n) is 12.9. The number of hydrogen-bond donors (Lipinski definition) is 0. The molecule has 7 heteroatoms. The first kappa shape index (κ1) is 24.6. The fourth-order valence-corrected chi connectivity index (χ4v) is 6.98. The molecule has 1 aromatic carbocycles. The average Bonchev–Trinajstić information content (AvgIpc) is 3.31. The van der Waals surface area contributed by atoms with Gasteiger partial charge in [-0.05, 0) is 87.2 Å².